The van der Waals surface area contributed by atoms with Gasteiger partial charge in [-0.15, -0.1) is 0 Å². The zero-order valence-electron chi connectivity index (χ0n) is 26.0. The predicted octanol–water partition coefficient (Wildman–Crippen LogP) is 9.34. The van der Waals surface area contributed by atoms with E-state index in [1.807, 2.05) is 42.5 Å². The third kappa shape index (κ3) is 6.66. The van der Waals surface area contributed by atoms with E-state index in [0.717, 1.165) is 64.8 Å². The molecule has 46 heavy (non-hydrogen) atoms. The summed E-state index contributed by atoms with van der Waals surface area (Å²) in [5.41, 5.74) is 10.0. The molecule has 0 saturated heterocycles. The van der Waals surface area contributed by atoms with Crippen molar-refractivity contribution in [1.29, 1.82) is 0 Å². The molecule has 10 heteroatoms. The van der Waals surface area contributed by atoms with Crippen LogP contribution in [-0.2, 0) is 16.2 Å². The number of benzene rings is 4. The van der Waals surface area contributed by atoms with E-state index < -0.39 is 24.9 Å². The van der Waals surface area contributed by atoms with Gasteiger partial charge in [-0.05, 0) is 42.7 Å². The molecule has 0 bridgehead atoms. The minimum absolute atomic E-state index is 0.108. The molecule has 6 nitrogen and oxygen atoms in total. The van der Waals surface area contributed by atoms with Crippen LogP contribution < -0.4 is 10.5 Å². The molecule has 5 aromatic rings. The summed E-state index contributed by atoms with van der Waals surface area (Å²) in [6.07, 6.45) is 0.467. The van der Waals surface area contributed by atoms with Gasteiger partial charge in [0.05, 0.1) is 5.52 Å². The Labute approximate surface area is 264 Å². The fourth-order valence-electron chi connectivity index (χ4n) is 5.90. The Morgan fingerprint density at radius 1 is 0.957 bits per heavy atom. The molecule has 0 saturated carbocycles. The number of carbonyl (C=O) groups is 1. The van der Waals surface area contributed by atoms with Crippen molar-refractivity contribution in [3.8, 4) is 5.75 Å². The Hall–Kier alpha value is -4.60. The molecule has 4 aromatic carbocycles. The van der Waals surface area contributed by atoms with Gasteiger partial charge < -0.3 is 19.9 Å². The second-order valence-electron chi connectivity index (χ2n) is 11.5. The number of anilines is 1. The van der Waals surface area contributed by atoms with Gasteiger partial charge in [0.25, 0.3) is 0 Å². The number of unbranched alkanes of at least 4 members (excludes halogenated alkanes) is 1. The number of carbonyl (C=O) groups excluding carboxylic acids is 1. The van der Waals surface area contributed by atoms with Crippen LogP contribution in [0.25, 0.3) is 32.6 Å². The molecule has 1 aromatic heterocycles. The van der Waals surface area contributed by atoms with Crippen molar-refractivity contribution in [2.24, 2.45) is 11.1 Å². The number of alkyl halides is 4. The van der Waals surface area contributed by atoms with Crippen LogP contribution in [0.4, 0.5) is 23.2 Å². The van der Waals surface area contributed by atoms with Crippen LogP contribution in [0.5, 0.6) is 5.75 Å². The van der Waals surface area contributed by atoms with Crippen LogP contribution >= 0.6 is 0 Å². The standard InChI is InChI=1S/C36H37F4N3O3/c1-4-6-11-23(5-2)20-43-31-17-16-24(18-28(31)29-19-30(41)25-12-7-8-13-26(25)34(29)43)33(42-46-22(3)44)27-14-9-10-15-32(27)45-21-36(39,40)35(37)38/h7-10,12-19,23,35H,4-6,11,20-21,41H2,1-3H3/b42-33+. The van der Waals surface area contributed by atoms with Crippen molar-refractivity contribution in [1.82, 2.24) is 4.57 Å². The highest BCUT2D eigenvalue weighted by atomic mass is 19.3. The number of nitrogens with zero attached hydrogens (tertiary/aromatic N) is 2. The number of hydrogen-bond acceptors (Lipinski definition) is 5. The third-order valence-electron chi connectivity index (χ3n) is 8.30. The lowest BCUT2D eigenvalue weighted by atomic mass is 9.98. The van der Waals surface area contributed by atoms with E-state index in [1.165, 1.54) is 25.1 Å². The lowest BCUT2D eigenvalue weighted by molar-refractivity contribution is -0.148. The number of nitrogens with two attached hydrogens (primary N) is 1. The molecule has 1 atom stereocenters. The first-order valence-corrected chi connectivity index (χ1v) is 15.4. The smallest absolute Gasteiger partial charge is 0.340 e. The molecule has 2 N–H and O–H groups in total. The van der Waals surface area contributed by atoms with Gasteiger partial charge in [0.15, 0.2) is 6.61 Å². The lowest BCUT2D eigenvalue weighted by Crippen LogP contribution is -2.34. The van der Waals surface area contributed by atoms with Gasteiger partial charge in [0, 0.05) is 57.3 Å². The Morgan fingerprint density at radius 2 is 1.67 bits per heavy atom. The highest BCUT2D eigenvalue weighted by Gasteiger charge is 2.42. The molecule has 0 radical (unpaired) electrons. The van der Waals surface area contributed by atoms with E-state index in [-0.39, 0.29) is 17.0 Å². The number of ether oxygens (including phenoxy) is 1. The molecule has 0 amide bonds. The first kappa shape index (κ1) is 32.8. The van der Waals surface area contributed by atoms with Crippen LogP contribution in [0.1, 0.15) is 57.6 Å². The van der Waals surface area contributed by atoms with Gasteiger partial charge >= 0.3 is 18.3 Å². The first-order chi connectivity index (χ1) is 22.1. The number of oxime groups is 1. The van der Waals surface area contributed by atoms with E-state index >= 15 is 0 Å². The summed E-state index contributed by atoms with van der Waals surface area (Å²) in [5.74, 6) is -4.73. The van der Waals surface area contributed by atoms with Crippen LogP contribution in [0.15, 0.2) is 78.0 Å². The Kier molecular flexibility index (Phi) is 9.84. The van der Waals surface area contributed by atoms with Crippen LogP contribution in [0, 0.1) is 5.92 Å². The number of fused-ring (bicyclic) bond motifs is 5. The SMILES string of the molecule is CCCCC(CC)Cn1c2ccc(/C(=N\OC(C)=O)c3ccccc3OCC(F)(F)C(F)F)cc2c2cc(N)c3ccccc3c21. The summed E-state index contributed by atoms with van der Waals surface area (Å²) in [5, 5.41) is 7.84. The molecule has 5 rings (SSSR count). The van der Waals surface area contributed by atoms with Crippen molar-refractivity contribution in [3.05, 3.63) is 83.9 Å². The van der Waals surface area contributed by atoms with Crippen LogP contribution in [-0.4, -0.2) is 35.2 Å². The molecular weight excluding hydrogens is 598 g/mol. The minimum Gasteiger partial charge on any atom is -0.486 e. The summed E-state index contributed by atoms with van der Waals surface area (Å²) in [7, 11) is 0. The first-order valence-electron chi connectivity index (χ1n) is 15.4. The Morgan fingerprint density at radius 3 is 2.37 bits per heavy atom. The van der Waals surface area contributed by atoms with E-state index in [1.54, 1.807) is 6.07 Å². The predicted molar refractivity (Wildman–Crippen MR) is 175 cm³/mol. The monoisotopic (exact) mass is 635 g/mol. The summed E-state index contributed by atoms with van der Waals surface area (Å²) >= 11 is 0. The number of para-hydroxylation sites is 1. The van der Waals surface area contributed by atoms with Gasteiger partial charge in [-0.25, -0.2) is 13.6 Å². The van der Waals surface area contributed by atoms with E-state index in [4.69, 9.17) is 15.3 Å². The summed E-state index contributed by atoms with van der Waals surface area (Å²) < 4.78 is 61.0. The summed E-state index contributed by atoms with van der Waals surface area (Å²) in [6.45, 7) is 4.83. The van der Waals surface area contributed by atoms with Gasteiger partial charge in [-0.1, -0.05) is 80.7 Å². The maximum absolute atomic E-state index is 13.8. The molecule has 0 fully saturated rings. The van der Waals surface area contributed by atoms with Crippen LogP contribution in [0.2, 0.25) is 0 Å². The molecule has 0 spiro atoms. The van der Waals surface area contributed by atoms with E-state index in [2.05, 4.69) is 29.6 Å². The molecule has 1 heterocycles. The normalized spacial score (nSPS) is 13.2. The largest absolute Gasteiger partial charge is 0.486 e. The fraction of sp³-hybridized carbons (Fsp3) is 0.333. The topological polar surface area (TPSA) is 78.8 Å². The van der Waals surface area contributed by atoms with Crippen molar-refractivity contribution in [2.75, 3.05) is 12.3 Å². The summed E-state index contributed by atoms with van der Waals surface area (Å²) in [4.78, 5) is 16.9. The van der Waals surface area contributed by atoms with Gasteiger partial charge in [-0.2, -0.15) is 8.78 Å². The Bertz CT molecular complexity index is 1900. The summed E-state index contributed by atoms with van der Waals surface area (Å²) in [6, 6.07) is 21.7. The average Bonchev–Trinajstić information content (AvgIpc) is 3.34. The van der Waals surface area contributed by atoms with Crippen LogP contribution in [0.3, 0.4) is 0 Å². The second-order valence-corrected chi connectivity index (χ2v) is 11.5. The number of rotatable bonds is 13. The molecule has 1 unspecified atom stereocenters. The highest BCUT2D eigenvalue weighted by molar-refractivity contribution is 6.23. The van der Waals surface area contributed by atoms with Gasteiger partial charge in [0.2, 0.25) is 0 Å². The van der Waals surface area contributed by atoms with E-state index in [9.17, 15) is 22.4 Å². The molecule has 0 aliphatic carbocycles. The maximum Gasteiger partial charge on any atom is 0.340 e. The third-order valence-corrected chi connectivity index (χ3v) is 8.30. The quantitative estimate of drug-likeness (QED) is 0.0460. The lowest BCUT2D eigenvalue weighted by Gasteiger charge is -2.19. The number of aromatic nitrogens is 1. The molecule has 0 aliphatic heterocycles. The van der Waals surface area contributed by atoms with Gasteiger partial charge in [0.1, 0.15) is 11.5 Å². The number of nitrogen functional groups attached to an aromatic ring is 1. The van der Waals surface area contributed by atoms with E-state index in [0.29, 0.717) is 17.2 Å². The maximum atomic E-state index is 13.8. The molecule has 0 aliphatic rings. The zero-order chi connectivity index (χ0) is 33.0. The van der Waals surface area contributed by atoms with Crippen molar-refractivity contribution >= 4 is 49.9 Å². The zero-order valence-corrected chi connectivity index (χ0v) is 26.0. The van der Waals surface area contributed by atoms with Crippen molar-refractivity contribution in [2.45, 2.75) is 65.3 Å². The van der Waals surface area contributed by atoms with Gasteiger partial charge in [-0.3, -0.25) is 0 Å². The Balaban J connectivity index is 1.71. The number of halogens is 4. The molecular formula is C36H37F4N3O3. The number of hydrogen-bond donors (Lipinski definition) is 1. The minimum atomic E-state index is -4.36. The second kappa shape index (κ2) is 13.8. The highest BCUT2D eigenvalue weighted by Crippen LogP contribution is 2.39. The average molecular weight is 636 g/mol. The fourth-order valence-corrected chi connectivity index (χ4v) is 5.90. The van der Waals surface area contributed by atoms with Crippen molar-refractivity contribution < 1.29 is 31.9 Å². The van der Waals surface area contributed by atoms with Crippen molar-refractivity contribution in [3.63, 3.8) is 0 Å². The molecule has 242 valence electrons.